The minimum absolute atomic E-state index is 0.0508. The molecular weight excluding hydrogens is 674 g/mol. The van der Waals surface area contributed by atoms with Gasteiger partial charge in [-0.25, -0.2) is 12.8 Å². The smallest absolute Gasteiger partial charge is 0.261 e. The van der Waals surface area contributed by atoms with Crippen molar-refractivity contribution in [1.29, 1.82) is 0 Å². The lowest BCUT2D eigenvalue weighted by atomic mass is 10.0. The number of carbonyl (C=O) groups excluding carboxylic acids is 2. The Bertz CT molecular complexity index is 2010. The number of benzene rings is 5. The van der Waals surface area contributed by atoms with Crippen LogP contribution in [0.25, 0.3) is 0 Å². The molecule has 0 spiro atoms. The summed E-state index contributed by atoms with van der Waals surface area (Å²) in [5.41, 5.74) is 2.57. The zero-order valence-electron chi connectivity index (χ0n) is 28.1. The van der Waals surface area contributed by atoms with Crippen molar-refractivity contribution in [3.8, 4) is 17.2 Å². The standard InChI is InChI=1S/C39H38FN3O7S/c1-48-35-22-13-28(25-36(35)49-2)23-24-41-39(45)38(30-11-7-4-8-12-30)43(26-29-9-5-3-6-10-29)37(44)27-50-33-18-20-34(21-19-33)51(46,47)42-32-16-14-31(40)15-17-32/h3-22,25,38,42H,23-24,26-27H2,1-2H3,(H,41,45)/t38-/m0/s1. The molecule has 0 bridgehead atoms. The molecule has 0 aliphatic heterocycles. The zero-order valence-corrected chi connectivity index (χ0v) is 28.9. The summed E-state index contributed by atoms with van der Waals surface area (Å²) in [6, 6.07) is 33.4. The van der Waals surface area contributed by atoms with E-state index >= 15 is 0 Å². The van der Waals surface area contributed by atoms with Crippen LogP contribution >= 0.6 is 0 Å². The van der Waals surface area contributed by atoms with Gasteiger partial charge in [0, 0.05) is 18.8 Å². The molecule has 0 aliphatic rings. The Kier molecular flexibility index (Phi) is 12.3. The minimum atomic E-state index is -3.97. The van der Waals surface area contributed by atoms with Gasteiger partial charge in [0.15, 0.2) is 18.1 Å². The third-order valence-corrected chi connectivity index (χ3v) is 9.34. The van der Waals surface area contributed by atoms with Crippen molar-refractivity contribution in [2.24, 2.45) is 0 Å². The summed E-state index contributed by atoms with van der Waals surface area (Å²) in [7, 11) is -0.841. The lowest BCUT2D eigenvalue weighted by Gasteiger charge is -2.31. The van der Waals surface area contributed by atoms with E-state index in [1.807, 2.05) is 60.7 Å². The van der Waals surface area contributed by atoms with Crippen molar-refractivity contribution in [2.45, 2.75) is 23.9 Å². The first-order chi connectivity index (χ1) is 24.7. The summed E-state index contributed by atoms with van der Waals surface area (Å²) in [5.74, 6) is 0.122. The number of amides is 2. The van der Waals surface area contributed by atoms with Gasteiger partial charge in [-0.3, -0.25) is 14.3 Å². The fourth-order valence-electron chi connectivity index (χ4n) is 5.35. The lowest BCUT2D eigenvalue weighted by Crippen LogP contribution is -2.45. The molecule has 0 saturated carbocycles. The number of anilines is 1. The molecule has 5 aromatic carbocycles. The van der Waals surface area contributed by atoms with E-state index in [1.165, 1.54) is 41.3 Å². The van der Waals surface area contributed by atoms with Crippen molar-refractivity contribution >= 4 is 27.5 Å². The number of rotatable bonds is 16. The Morgan fingerprint density at radius 2 is 1.41 bits per heavy atom. The molecule has 0 fully saturated rings. The highest BCUT2D eigenvalue weighted by atomic mass is 32.2. The number of halogens is 1. The van der Waals surface area contributed by atoms with Gasteiger partial charge in [0.25, 0.3) is 15.9 Å². The number of carbonyl (C=O) groups is 2. The van der Waals surface area contributed by atoms with E-state index in [4.69, 9.17) is 14.2 Å². The third kappa shape index (κ3) is 9.86. The number of sulfonamides is 1. The number of hydrogen-bond acceptors (Lipinski definition) is 7. The molecule has 0 aliphatic carbocycles. The Balaban J connectivity index is 1.32. The van der Waals surface area contributed by atoms with Crippen molar-refractivity contribution in [3.63, 3.8) is 0 Å². The largest absolute Gasteiger partial charge is 0.493 e. The van der Waals surface area contributed by atoms with Gasteiger partial charge in [-0.15, -0.1) is 0 Å². The van der Waals surface area contributed by atoms with Gasteiger partial charge in [0.2, 0.25) is 5.91 Å². The Labute approximate surface area is 296 Å². The van der Waals surface area contributed by atoms with Crippen molar-refractivity contribution in [1.82, 2.24) is 10.2 Å². The third-order valence-electron chi connectivity index (χ3n) is 7.95. The maximum atomic E-state index is 14.0. The van der Waals surface area contributed by atoms with Crippen LogP contribution in [0.1, 0.15) is 22.7 Å². The maximum Gasteiger partial charge on any atom is 0.261 e. The van der Waals surface area contributed by atoms with E-state index in [0.29, 0.717) is 30.0 Å². The first kappa shape index (κ1) is 36.4. The monoisotopic (exact) mass is 711 g/mol. The van der Waals surface area contributed by atoms with Crippen LogP contribution in [-0.2, 0) is 32.6 Å². The predicted molar refractivity (Wildman–Crippen MR) is 192 cm³/mol. The van der Waals surface area contributed by atoms with Gasteiger partial charge >= 0.3 is 0 Å². The topological polar surface area (TPSA) is 123 Å². The van der Waals surface area contributed by atoms with Crippen molar-refractivity contribution in [2.75, 3.05) is 32.1 Å². The molecule has 0 heterocycles. The fourth-order valence-corrected chi connectivity index (χ4v) is 6.41. The van der Waals surface area contributed by atoms with Crippen LogP contribution in [0.15, 0.2) is 132 Å². The first-order valence-electron chi connectivity index (χ1n) is 16.0. The summed E-state index contributed by atoms with van der Waals surface area (Å²) in [6.45, 7) is -0.000261. The molecule has 12 heteroatoms. The number of ether oxygens (including phenoxy) is 3. The molecule has 10 nitrogen and oxygen atoms in total. The molecule has 1 atom stereocenters. The second kappa shape index (κ2) is 17.2. The van der Waals surface area contributed by atoms with Crippen LogP contribution in [0.2, 0.25) is 0 Å². The Hall–Kier alpha value is -5.88. The van der Waals surface area contributed by atoms with Crippen LogP contribution in [0.4, 0.5) is 10.1 Å². The van der Waals surface area contributed by atoms with Crippen LogP contribution < -0.4 is 24.2 Å². The summed E-state index contributed by atoms with van der Waals surface area (Å²) < 4.78 is 57.9. The second-order valence-corrected chi connectivity index (χ2v) is 13.1. The number of hydrogen-bond donors (Lipinski definition) is 2. The van der Waals surface area contributed by atoms with E-state index < -0.39 is 34.4 Å². The van der Waals surface area contributed by atoms with Gasteiger partial charge in [-0.05, 0) is 83.8 Å². The van der Waals surface area contributed by atoms with E-state index in [1.54, 1.807) is 32.4 Å². The van der Waals surface area contributed by atoms with Crippen molar-refractivity contribution < 1.29 is 36.6 Å². The lowest BCUT2D eigenvalue weighted by molar-refractivity contribution is -0.143. The average Bonchev–Trinajstić information content (AvgIpc) is 3.15. The highest BCUT2D eigenvalue weighted by Gasteiger charge is 2.32. The SMILES string of the molecule is COc1ccc(CCNC(=O)[C@H](c2ccccc2)N(Cc2ccccc2)C(=O)COc2ccc(S(=O)(=O)Nc3ccc(F)cc3)cc2)cc1OC. The summed E-state index contributed by atoms with van der Waals surface area (Å²) in [6.07, 6.45) is 0.508. The molecule has 0 saturated heterocycles. The van der Waals surface area contributed by atoms with Gasteiger partial charge in [-0.2, -0.15) is 0 Å². The molecule has 2 N–H and O–H groups in total. The Morgan fingerprint density at radius 1 is 0.765 bits per heavy atom. The van der Waals surface area contributed by atoms with Crippen LogP contribution in [0, 0.1) is 5.82 Å². The molecule has 5 rings (SSSR count). The maximum absolute atomic E-state index is 14.0. The van der Waals surface area contributed by atoms with E-state index in [-0.39, 0.29) is 28.8 Å². The van der Waals surface area contributed by atoms with Crippen molar-refractivity contribution in [3.05, 3.63) is 150 Å². The van der Waals surface area contributed by atoms with Gasteiger partial charge in [0.05, 0.1) is 19.1 Å². The Morgan fingerprint density at radius 3 is 2.06 bits per heavy atom. The van der Waals surface area contributed by atoms with E-state index in [0.717, 1.165) is 23.3 Å². The van der Waals surface area contributed by atoms with E-state index in [9.17, 15) is 22.4 Å². The number of nitrogens with one attached hydrogen (secondary N) is 2. The predicted octanol–water partition coefficient (Wildman–Crippen LogP) is 6.15. The van der Waals surface area contributed by atoms with Crippen LogP contribution in [0.5, 0.6) is 17.2 Å². The molecule has 0 radical (unpaired) electrons. The van der Waals surface area contributed by atoms with Crippen LogP contribution in [-0.4, -0.2) is 52.5 Å². The zero-order chi connectivity index (χ0) is 36.2. The van der Waals surface area contributed by atoms with Crippen LogP contribution in [0.3, 0.4) is 0 Å². The van der Waals surface area contributed by atoms with Gasteiger partial charge in [0.1, 0.15) is 17.6 Å². The van der Waals surface area contributed by atoms with Gasteiger partial charge in [-0.1, -0.05) is 66.7 Å². The molecule has 2 amide bonds. The first-order valence-corrected chi connectivity index (χ1v) is 17.5. The van der Waals surface area contributed by atoms with E-state index in [2.05, 4.69) is 10.0 Å². The highest BCUT2D eigenvalue weighted by Crippen LogP contribution is 2.28. The molecule has 0 aromatic heterocycles. The second-order valence-electron chi connectivity index (χ2n) is 11.4. The summed E-state index contributed by atoms with van der Waals surface area (Å²) in [5, 5.41) is 3.00. The fraction of sp³-hybridized carbons (Fsp3) is 0.179. The molecule has 51 heavy (non-hydrogen) atoms. The average molecular weight is 712 g/mol. The normalized spacial score (nSPS) is 11.6. The molecular formula is C39H38FN3O7S. The summed E-state index contributed by atoms with van der Waals surface area (Å²) >= 11 is 0. The quantitative estimate of drug-likeness (QED) is 0.126. The molecule has 264 valence electrons. The molecule has 0 unspecified atom stereocenters. The van der Waals surface area contributed by atoms with Gasteiger partial charge < -0.3 is 24.4 Å². The summed E-state index contributed by atoms with van der Waals surface area (Å²) in [4.78, 5) is 29.4. The highest BCUT2D eigenvalue weighted by molar-refractivity contribution is 7.92. The molecule has 5 aromatic rings. The number of nitrogens with zero attached hydrogens (tertiary/aromatic N) is 1. The minimum Gasteiger partial charge on any atom is -0.493 e. The number of methoxy groups -OCH3 is 2.